The minimum atomic E-state index is -0.0801. The van der Waals surface area contributed by atoms with E-state index in [1.807, 2.05) is 43.6 Å². The fraction of sp³-hybridized carbons (Fsp3) is 0.0625. The molecule has 0 spiro atoms. The first-order valence-electron chi connectivity index (χ1n) is 6.32. The molecule has 4 heteroatoms. The predicted octanol–water partition coefficient (Wildman–Crippen LogP) is 3.62. The third-order valence-electron chi connectivity index (χ3n) is 3.15. The summed E-state index contributed by atoms with van der Waals surface area (Å²) in [5.74, 6) is -0.0801. The summed E-state index contributed by atoms with van der Waals surface area (Å²) in [6.07, 6.45) is 2.03. The van der Waals surface area contributed by atoms with Crippen LogP contribution in [0.2, 0.25) is 0 Å². The average molecular weight is 282 g/mol. The van der Waals surface area contributed by atoms with Crippen LogP contribution in [0.4, 0.5) is 0 Å². The molecule has 0 aliphatic rings. The number of carbonyl (C=O) groups excluding carboxylic acids is 1. The normalized spacial score (nSPS) is 10.7. The van der Waals surface area contributed by atoms with Crippen molar-refractivity contribution in [3.8, 4) is 0 Å². The largest absolute Gasteiger partial charge is 0.349 e. The minimum absolute atomic E-state index is 0.0801. The van der Waals surface area contributed by atoms with Crippen LogP contribution in [0.3, 0.4) is 0 Å². The first-order valence-corrected chi connectivity index (χ1v) is 7.13. The molecule has 1 aromatic heterocycles. The fourth-order valence-corrected chi connectivity index (χ4v) is 2.95. The van der Waals surface area contributed by atoms with E-state index in [2.05, 4.69) is 21.4 Å². The molecule has 0 aliphatic carbocycles. The van der Waals surface area contributed by atoms with Gasteiger partial charge in [-0.3, -0.25) is 9.52 Å². The molecule has 0 saturated heterocycles. The molecule has 3 aromatic rings. The number of para-hydroxylation sites is 1. The molecule has 0 radical (unpaired) electrons. The van der Waals surface area contributed by atoms with Crippen molar-refractivity contribution in [1.29, 1.82) is 0 Å². The number of hydrogen-bond acceptors (Lipinski definition) is 2. The summed E-state index contributed by atoms with van der Waals surface area (Å²) in [7, 11) is 2.01. The van der Waals surface area contributed by atoms with Crippen molar-refractivity contribution in [2.45, 2.75) is 4.90 Å². The number of aryl methyl sites for hydroxylation is 1. The summed E-state index contributed by atoms with van der Waals surface area (Å²) in [6, 6.07) is 17.4. The maximum Gasteiger partial charge on any atom is 0.261 e. The van der Waals surface area contributed by atoms with E-state index in [1.165, 1.54) is 11.9 Å². The van der Waals surface area contributed by atoms with E-state index in [0.29, 0.717) is 5.56 Å². The van der Waals surface area contributed by atoms with Crippen molar-refractivity contribution in [1.82, 2.24) is 9.29 Å². The van der Waals surface area contributed by atoms with Gasteiger partial charge in [0.1, 0.15) is 0 Å². The molecule has 0 atom stereocenters. The van der Waals surface area contributed by atoms with Crippen molar-refractivity contribution in [2.75, 3.05) is 0 Å². The molecule has 0 unspecified atom stereocenters. The third kappa shape index (κ3) is 2.42. The third-order valence-corrected chi connectivity index (χ3v) is 3.98. The van der Waals surface area contributed by atoms with Crippen LogP contribution in [0, 0.1) is 0 Å². The van der Waals surface area contributed by atoms with E-state index in [0.717, 1.165) is 15.8 Å². The van der Waals surface area contributed by atoms with Gasteiger partial charge < -0.3 is 4.57 Å². The van der Waals surface area contributed by atoms with Gasteiger partial charge in [-0.05, 0) is 30.1 Å². The number of carbonyl (C=O) groups is 1. The highest BCUT2D eigenvalue weighted by Crippen LogP contribution is 2.27. The Morgan fingerprint density at radius 2 is 1.75 bits per heavy atom. The summed E-state index contributed by atoms with van der Waals surface area (Å²) < 4.78 is 4.95. The van der Waals surface area contributed by atoms with Gasteiger partial charge >= 0.3 is 0 Å². The number of fused-ring (bicyclic) bond motifs is 1. The molecule has 100 valence electrons. The smallest absolute Gasteiger partial charge is 0.261 e. The summed E-state index contributed by atoms with van der Waals surface area (Å²) in [6.45, 7) is 0. The van der Waals surface area contributed by atoms with Crippen molar-refractivity contribution in [2.24, 2.45) is 7.05 Å². The van der Waals surface area contributed by atoms with Crippen LogP contribution >= 0.6 is 11.9 Å². The summed E-state index contributed by atoms with van der Waals surface area (Å²) in [4.78, 5) is 13.1. The standard InChI is InChI=1S/C16H14N2OS/c1-18-11-15(13-9-5-6-10-14(13)18)20-17-16(19)12-7-3-2-4-8-12/h2-11H,1H3,(H,17,19). The van der Waals surface area contributed by atoms with Crippen LogP contribution in [-0.2, 0) is 7.05 Å². The average Bonchev–Trinajstić information content (AvgIpc) is 2.83. The number of amides is 1. The number of aromatic nitrogens is 1. The molecule has 1 heterocycles. The molecule has 0 aliphatic heterocycles. The Balaban J connectivity index is 1.79. The molecule has 20 heavy (non-hydrogen) atoms. The van der Waals surface area contributed by atoms with Gasteiger partial charge in [0.2, 0.25) is 0 Å². The van der Waals surface area contributed by atoms with Crippen molar-refractivity contribution >= 4 is 28.8 Å². The van der Waals surface area contributed by atoms with E-state index >= 15 is 0 Å². The molecular formula is C16H14N2OS. The monoisotopic (exact) mass is 282 g/mol. The Bertz CT molecular complexity index is 750. The highest BCUT2D eigenvalue weighted by Gasteiger charge is 2.09. The van der Waals surface area contributed by atoms with Gasteiger partial charge in [0.05, 0.1) is 4.90 Å². The zero-order chi connectivity index (χ0) is 13.9. The maximum atomic E-state index is 12.0. The van der Waals surface area contributed by atoms with Crippen molar-refractivity contribution < 1.29 is 4.79 Å². The Morgan fingerprint density at radius 3 is 2.55 bits per heavy atom. The topological polar surface area (TPSA) is 34.0 Å². The summed E-state index contributed by atoms with van der Waals surface area (Å²) in [5, 5.41) is 1.15. The van der Waals surface area contributed by atoms with E-state index in [1.54, 1.807) is 12.1 Å². The lowest BCUT2D eigenvalue weighted by molar-refractivity contribution is 0.0984. The van der Waals surface area contributed by atoms with E-state index in [4.69, 9.17) is 0 Å². The summed E-state index contributed by atoms with van der Waals surface area (Å²) >= 11 is 1.35. The number of hydrogen-bond donors (Lipinski definition) is 1. The van der Waals surface area contributed by atoms with Gasteiger partial charge in [0, 0.05) is 29.7 Å². The maximum absolute atomic E-state index is 12.0. The molecule has 0 fully saturated rings. The van der Waals surface area contributed by atoms with Crippen LogP contribution in [0.25, 0.3) is 10.9 Å². The van der Waals surface area contributed by atoms with Gasteiger partial charge in [-0.25, -0.2) is 0 Å². The Labute approximate surface area is 121 Å². The molecule has 0 saturated carbocycles. The zero-order valence-electron chi connectivity index (χ0n) is 11.0. The first kappa shape index (κ1) is 12.8. The molecule has 0 bridgehead atoms. The first-order chi connectivity index (χ1) is 9.75. The second-order valence-electron chi connectivity index (χ2n) is 4.52. The molecule has 3 rings (SSSR count). The summed E-state index contributed by atoms with van der Waals surface area (Å²) in [5.41, 5.74) is 1.82. The lowest BCUT2D eigenvalue weighted by Crippen LogP contribution is -2.15. The van der Waals surface area contributed by atoms with Crippen LogP contribution < -0.4 is 4.72 Å². The fourth-order valence-electron chi connectivity index (χ4n) is 2.14. The van der Waals surface area contributed by atoms with Crippen LogP contribution in [0.5, 0.6) is 0 Å². The van der Waals surface area contributed by atoms with Gasteiger partial charge in [0.25, 0.3) is 5.91 Å². The minimum Gasteiger partial charge on any atom is -0.349 e. The number of rotatable bonds is 3. The molecule has 2 aromatic carbocycles. The van der Waals surface area contributed by atoms with Crippen molar-refractivity contribution in [3.63, 3.8) is 0 Å². The van der Waals surface area contributed by atoms with Gasteiger partial charge in [-0.2, -0.15) is 0 Å². The van der Waals surface area contributed by atoms with Crippen molar-refractivity contribution in [3.05, 3.63) is 66.4 Å². The number of benzene rings is 2. The van der Waals surface area contributed by atoms with Gasteiger partial charge in [0.15, 0.2) is 0 Å². The highest BCUT2D eigenvalue weighted by molar-refractivity contribution is 7.98. The van der Waals surface area contributed by atoms with E-state index in [-0.39, 0.29) is 5.91 Å². The predicted molar refractivity (Wildman–Crippen MR) is 82.7 cm³/mol. The molecule has 1 amide bonds. The Kier molecular flexibility index (Phi) is 3.48. The van der Waals surface area contributed by atoms with Crippen LogP contribution in [0.1, 0.15) is 10.4 Å². The van der Waals surface area contributed by atoms with Gasteiger partial charge in [-0.15, -0.1) is 0 Å². The molecule has 3 nitrogen and oxygen atoms in total. The Morgan fingerprint density at radius 1 is 1.05 bits per heavy atom. The number of nitrogens with one attached hydrogen (secondary N) is 1. The second-order valence-corrected chi connectivity index (χ2v) is 5.37. The lowest BCUT2D eigenvalue weighted by Gasteiger charge is -2.03. The lowest BCUT2D eigenvalue weighted by atomic mass is 10.2. The van der Waals surface area contributed by atoms with Crippen LogP contribution in [0.15, 0.2) is 65.7 Å². The number of nitrogens with zero attached hydrogens (tertiary/aromatic N) is 1. The van der Waals surface area contributed by atoms with Gasteiger partial charge in [-0.1, -0.05) is 36.4 Å². The zero-order valence-corrected chi connectivity index (χ0v) is 11.9. The second kappa shape index (κ2) is 5.43. The SMILES string of the molecule is Cn1cc(SNC(=O)c2ccccc2)c2ccccc21. The van der Waals surface area contributed by atoms with E-state index < -0.39 is 0 Å². The Hall–Kier alpha value is -2.20. The quantitative estimate of drug-likeness (QED) is 0.745. The molecule has 1 N–H and O–H groups in total. The highest BCUT2D eigenvalue weighted by atomic mass is 32.2. The van der Waals surface area contributed by atoms with E-state index in [9.17, 15) is 4.79 Å². The van der Waals surface area contributed by atoms with Crippen LogP contribution in [-0.4, -0.2) is 10.5 Å². The molecular weight excluding hydrogens is 268 g/mol.